The van der Waals surface area contributed by atoms with Crippen LogP contribution >= 0.6 is 0 Å². The van der Waals surface area contributed by atoms with Crippen molar-refractivity contribution in [3.05, 3.63) is 107 Å². The van der Waals surface area contributed by atoms with Crippen molar-refractivity contribution in [1.29, 1.82) is 0 Å². The number of esters is 1. The zero-order chi connectivity index (χ0) is 34.6. The second-order valence-electron chi connectivity index (χ2n) is 15.3. The number of aliphatic hydroxyl groups is 1. The first kappa shape index (κ1) is 35.1. The smallest absolute Gasteiger partial charge is 0.328 e. The molecule has 1 aliphatic carbocycles. The minimum Gasteiger partial charge on any atom is -0.467 e. The largest absolute Gasteiger partial charge is 0.467 e. The van der Waals surface area contributed by atoms with Gasteiger partial charge in [0.2, 0.25) is 0 Å². The van der Waals surface area contributed by atoms with E-state index in [0.717, 1.165) is 47.3 Å². The molecule has 262 valence electrons. The molecule has 6 atom stereocenters. The highest BCUT2D eigenvalue weighted by atomic mass is 16.7. The normalized spacial score (nSPS) is 26.9. The van der Waals surface area contributed by atoms with E-state index in [-0.39, 0.29) is 25.4 Å². The summed E-state index contributed by atoms with van der Waals surface area (Å²) in [6, 6.07) is 24.8. The number of likely N-dealkylation sites (tertiary alicyclic amines) is 1. The third kappa shape index (κ3) is 8.89. The molecule has 9 heteroatoms. The van der Waals surface area contributed by atoms with E-state index in [1.165, 1.54) is 26.4 Å². The van der Waals surface area contributed by atoms with Crippen LogP contribution in [0.1, 0.15) is 86.7 Å². The fourth-order valence-corrected chi connectivity index (χ4v) is 8.45. The molecule has 0 aromatic heterocycles. The molecule has 3 aliphatic rings. The third-order valence-electron chi connectivity index (χ3n) is 10.4. The van der Waals surface area contributed by atoms with Gasteiger partial charge in [-0.2, -0.15) is 0 Å². The van der Waals surface area contributed by atoms with Crippen LogP contribution in [0.15, 0.2) is 78.9 Å². The summed E-state index contributed by atoms with van der Waals surface area (Å²) in [6.45, 7) is 9.52. The van der Waals surface area contributed by atoms with Crippen molar-refractivity contribution in [1.82, 2.24) is 15.5 Å². The summed E-state index contributed by atoms with van der Waals surface area (Å²) in [7, 11) is 1.32. The average molecular weight is 670 g/mol. The van der Waals surface area contributed by atoms with Crippen LogP contribution in [0.5, 0.6) is 0 Å². The molecule has 2 amide bonds. The lowest BCUT2D eigenvalue weighted by Crippen LogP contribution is -2.47. The Labute approximate surface area is 290 Å². The third-order valence-corrected chi connectivity index (χ3v) is 10.4. The fourth-order valence-electron chi connectivity index (χ4n) is 8.45. The fraction of sp³-hybridized carbons (Fsp3) is 0.500. The summed E-state index contributed by atoms with van der Waals surface area (Å²) in [5, 5.41) is 15.2. The highest BCUT2D eigenvalue weighted by molar-refractivity contribution is 5.83. The number of aliphatic hydroxyl groups excluding tert-OH is 1. The van der Waals surface area contributed by atoms with Gasteiger partial charge in [-0.25, -0.2) is 9.59 Å². The van der Waals surface area contributed by atoms with Gasteiger partial charge in [0.1, 0.15) is 6.04 Å². The molecule has 3 N–H and O–H groups in total. The van der Waals surface area contributed by atoms with Gasteiger partial charge >= 0.3 is 12.0 Å². The average Bonchev–Trinajstić information content (AvgIpc) is 3.33. The second-order valence-corrected chi connectivity index (χ2v) is 15.3. The summed E-state index contributed by atoms with van der Waals surface area (Å²) in [4.78, 5) is 27.8. The summed E-state index contributed by atoms with van der Waals surface area (Å²) in [6.07, 6.45) is 4.12. The van der Waals surface area contributed by atoms with Gasteiger partial charge in [0.25, 0.3) is 0 Å². The van der Waals surface area contributed by atoms with Gasteiger partial charge in [0.05, 0.1) is 25.9 Å². The molecule has 2 aliphatic heterocycles. The van der Waals surface area contributed by atoms with Crippen LogP contribution < -0.4 is 10.6 Å². The number of rotatable bonds is 11. The number of fused-ring (bicyclic) bond motifs is 2. The van der Waals surface area contributed by atoms with E-state index >= 15 is 0 Å². The second kappa shape index (κ2) is 15.0. The molecule has 6 unspecified atom stereocenters. The number of carbonyl (C=O) groups is 2. The molecule has 3 aromatic carbocycles. The number of ether oxygens (including phenoxy) is 3. The number of hydrogen-bond donors (Lipinski definition) is 3. The van der Waals surface area contributed by atoms with Crippen molar-refractivity contribution < 1.29 is 28.9 Å². The van der Waals surface area contributed by atoms with Gasteiger partial charge in [-0.15, -0.1) is 0 Å². The van der Waals surface area contributed by atoms with Crippen LogP contribution in [0, 0.1) is 10.8 Å². The SMILES string of the molecule is COC(=O)C(Cc1ccccc1)NC(=O)NCc1ccc(C2OC(CN3CC4(C)CC3CC(C)(C)C4)CC(c3ccc(CO)cc3)O2)cc1. The van der Waals surface area contributed by atoms with Crippen molar-refractivity contribution in [2.45, 2.75) is 96.6 Å². The van der Waals surface area contributed by atoms with Crippen molar-refractivity contribution in [2.24, 2.45) is 10.8 Å². The maximum absolute atomic E-state index is 12.8. The Morgan fingerprint density at radius 2 is 1.61 bits per heavy atom. The Morgan fingerprint density at radius 1 is 0.918 bits per heavy atom. The number of amides is 2. The molecule has 2 bridgehead atoms. The van der Waals surface area contributed by atoms with Crippen LogP contribution in [0.3, 0.4) is 0 Å². The van der Waals surface area contributed by atoms with E-state index < -0.39 is 24.3 Å². The van der Waals surface area contributed by atoms with Crippen molar-refractivity contribution in [3.8, 4) is 0 Å². The Balaban J connectivity index is 1.10. The zero-order valence-electron chi connectivity index (χ0n) is 29.2. The standard InChI is InChI=1S/C40H51N3O6/c1-39(2)20-32-21-40(3,25-39)26-43(32)23-33-19-35(30-14-12-29(24-44)13-15-30)49-37(48-33)31-16-10-28(11-17-31)22-41-38(46)42-34(36(45)47-4)18-27-8-6-5-7-9-27/h5-17,32-35,37,44H,18-26H2,1-4H3,(H2,41,42,46). The van der Waals surface area contributed by atoms with Gasteiger partial charge in [0, 0.05) is 44.1 Å². The summed E-state index contributed by atoms with van der Waals surface area (Å²) < 4.78 is 18.2. The molecule has 0 spiro atoms. The molecule has 0 radical (unpaired) electrons. The first-order valence-corrected chi connectivity index (χ1v) is 17.5. The number of nitrogens with zero attached hydrogens (tertiary/aromatic N) is 1. The van der Waals surface area contributed by atoms with Crippen LogP contribution in [0.2, 0.25) is 0 Å². The quantitative estimate of drug-likeness (QED) is 0.209. The van der Waals surface area contributed by atoms with Gasteiger partial charge in [-0.3, -0.25) is 4.90 Å². The predicted octanol–water partition coefficient (Wildman–Crippen LogP) is 6.21. The van der Waals surface area contributed by atoms with Gasteiger partial charge < -0.3 is 30.0 Å². The molecule has 9 nitrogen and oxygen atoms in total. The molecule has 1 saturated carbocycles. The molecule has 49 heavy (non-hydrogen) atoms. The monoisotopic (exact) mass is 669 g/mol. The summed E-state index contributed by atoms with van der Waals surface area (Å²) in [5.41, 5.74) is 5.39. The highest BCUT2D eigenvalue weighted by Gasteiger charge is 2.50. The van der Waals surface area contributed by atoms with Gasteiger partial charge in [-0.1, -0.05) is 99.6 Å². The zero-order valence-corrected chi connectivity index (χ0v) is 29.2. The number of hydrogen-bond acceptors (Lipinski definition) is 7. The molecule has 3 fully saturated rings. The Bertz CT molecular complexity index is 1560. The van der Waals surface area contributed by atoms with Crippen LogP contribution in [0.4, 0.5) is 4.79 Å². The Morgan fingerprint density at radius 3 is 2.31 bits per heavy atom. The lowest BCUT2D eigenvalue weighted by atomic mass is 9.65. The topological polar surface area (TPSA) is 109 Å². The molecular weight excluding hydrogens is 618 g/mol. The lowest BCUT2D eigenvalue weighted by Gasteiger charge is -2.41. The number of benzene rings is 3. The summed E-state index contributed by atoms with van der Waals surface area (Å²) >= 11 is 0. The highest BCUT2D eigenvalue weighted by Crippen LogP contribution is 2.53. The Kier molecular flexibility index (Phi) is 10.7. The number of methoxy groups -OCH3 is 1. The van der Waals surface area contributed by atoms with E-state index in [1.54, 1.807) is 0 Å². The summed E-state index contributed by atoms with van der Waals surface area (Å²) in [5.74, 6) is -0.498. The number of carbonyl (C=O) groups excluding carboxylic acids is 2. The minimum atomic E-state index is -0.800. The predicted molar refractivity (Wildman–Crippen MR) is 187 cm³/mol. The number of urea groups is 1. The van der Waals surface area contributed by atoms with Crippen LogP contribution in [-0.4, -0.2) is 60.4 Å². The van der Waals surface area contributed by atoms with Crippen molar-refractivity contribution in [2.75, 3.05) is 20.2 Å². The maximum atomic E-state index is 12.8. The Hall–Kier alpha value is -3.76. The van der Waals surface area contributed by atoms with Gasteiger partial charge in [-0.05, 0) is 52.3 Å². The van der Waals surface area contributed by atoms with Crippen molar-refractivity contribution in [3.63, 3.8) is 0 Å². The minimum absolute atomic E-state index is 0.00369. The lowest BCUT2D eigenvalue weighted by molar-refractivity contribution is -0.253. The maximum Gasteiger partial charge on any atom is 0.328 e. The first-order valence-electron chi connectivity index (χ1n) is 17.5. The van der Waals surface area contributed by atoms with Gasteiger partial charge in [0.15, 0.2) is 6.29 Å². The molecule has 2 saturated heterocycles. The van der Waals surface area contributed by atoms with Crippen LogP contribution in [0.25, 0.3) is 0 Å². The van der Waals surface area contributed by atoms with E-state index in [0.29, 0.717) is 23.3 Å². The molecule has 6 rings (SSSR count). The van der Waals surface area contributed by atoms with Crippen LogP contribution in [-0.2, 0) is 38.6 Å². The van der Waals surface area contributed by atoms with Crippen molar-refractivity contribution >= 4 is 12.0 Å². The van der Waals surface area contributed by atoms with E-state index in [1.807, 2.05) is 78.9 Å². The molecule has 2 heterocycles. The van der Waals surface area contributed by atoms with E-state index in [2.05, 4.69) is 36.3 Å². The molecular formula is C40H51N3O6. The van der Waals surface area contributed by atoms with E-state index in [4.69, 9.17) is 14.2 Å². The first-order chi connectivity index (χ1) is 23.5. The number of nitrogens with one attached hydrogen (secondary N) is 2. The van der Waals surface area contributed by atoms with E-state index in [9.17, 15) is 14.7 Å². The molecule has 3 aromatic rings.